The number of nitrogens with one attached hydrogen (secondary N) is 1. The van der Waals surface area contributed by atoms with E-state index >= 15 is 0 Å². The van der Waals surface area contributed by atoms with E-state index in [2.05, 4.69) is 30.1 Å². The molecule has 154 valence electrons. The van der Waals surface area contributed by atoms with Crippen molar-refractivity contribution in [2.24, 2.45) is 0 Å². The van der Waals surface area contributed by atoms with Gasteiger partial charge >= 0.3 is 0 Å². The van der Waals surface area contributed by atoms with E-state index in [-0.39, 0.29) is 5.56 Å². The zero-order chi connectivity index (χ0) is 20.5. The second kappa shape index (κ2) is 8.23. The number of ether oxygens (including phenoxy) is 1. The molecule has 2 aromatic heterocycles. The van der Waals surface area contributed by atoms with Gasteiger partial charge in [0.1, 0.15) is 16.4 Å². The number of aryl methyl sites for hydroxylation is 2. The van der Waals surface area contributed by atoms with Crippen LogP contribution in [0.1, 0.15) is 49.5 Å². The number of aromatic nitrogens is 2. The van der Waals surface area contributed by atoms with Crippen molar-refractivity contribution in [2.45, 2.75) is 51.9 Å². The zero-order valence-corrected chi connectivity index (χ0v) is 18.1. The smallest absolute Gasteiger partial charge is 0.260 e. The van der Waals surface area contributed by atoms with Crippen LogP contribution in [0.15, 0.2) is 41.2 Å². The van der Waals surface area contributed by atoms with Crippen LogP contribution in [0, 0.1) is 0 Å². The maximum absolute atomic E-state index is 13.2. The molecule has 0 atom stereocenters. The number of nitrogens with zero attached hydrogens (tertiary/aromatic N) is 1. The molecule has 2 heterocycles. The molecule has 0 amide bonds. The number of H-pyrrole nitrogens is 1. The molecule has 0 spiro atoms. The molecule has 30 heavy (non-hydrogen) atoms. The third kappa shape index (κ3) is 3.41. The molecule has 0 bridgehead atoms. The van der Waals surface area contributed by atoms with Crippen LogP contribution < -0.4 is 10.3 Å². The van der Waals surface area contributed by atoms with Gasteiger partial charge in [0, 0.05) is 4.88 Å². The van der Waals surface area contributed by atoms with Crippen LogP contribution in [0.5, 0.6) is 5.75 Å². The van der Waals surface area contributed by atoms with E-state index < -0.39 is 0 Å². The molecule has 4 nitrogen and oxygen atoms in total. The Bertz CT molecular complexity index is 1270. The van der Waals surface area contributed by atoms with E-state index in [0.717, 1.165) is 58.0 Å². The molecule has 0 radical (unpaired) electrons. The van der Waals surface area contributed by atoms with Crippen molar-refractivity contribution >= 4 is 32.3 Å². The molecule has 0 aliphatic heterocycles. The van der Waals surface area contributed by atoms with Crippen LogP contribution in [-0.2, 0) is 12.8 Å². The van der Waals surface area contributed by atoms with E-state index in [0.29, 0.717) is 12.4 Å². The minimum atomic E-state index is -0.0255. The normalized spacial score (nSPS) is 14.4. The predicted molar refractivity (Wildman–Crippen MR) is 125 cm³/mol. The van der Waals surface area contributed by atoms with Gasteiger partial charge in [-0.1, -0.05) is 50.1 Å². The fourth-order valence-electron chi connectivity index (χ4n) is 4.46. The molecule has 1 N–H and O–H groups in total. The van der Waals surface area contributed by atoms with Crippen LogP contribution in [0.4, 0.5) is 0 Å². The highest BCUT2D eigenvalue weighted by Crippen LogP contribution is 2.38. The monoisotopic (exact) mass is 418 g/mol. The summed E-state index contributed by atoms with van der Waals surface area (Å²) in [5.74, 6) is 1.37. The Morgan fingerprint density at radius 3 is 2.77 bits per heavy atom. The fourth-order valence-corrected chi connectivity index (χ4v) is 5.73. The molecule has 1 aliphatic carbocycles. The van der Waals surface area contributed by atoms with Crippen molar-refractivity contribution in [1.29, 1.82) is 0 Å². The predicted octanol–water partition coefficient (Wildman–Crippen LogP) is 6.25. The number of rotatable bonds is 4. The first-order chi connectivity index (χ1) is 14.8. The first-order valence-corrected chi connectivity index (χ1v) is 11.8. The largest absolute Gasteiger partial charge is 0.493 e. The Hall–Kier alpha value is -2.66. The lowest BCUT2D eigenvalue weighted by molar-refractivity contribution is 0.319. The van der Waals surface area contributed by atoms with Crippen molar-refractivity contribution in [3.8, 4) is 17.1 Å². The number of hydrogen-bond donors (Lipinski definition) is 1. The molecule has 1 aliphatic rings. The second-order valence-corrected chi connectivity index (χ2v) is 9.10. The van der Waals surface area contributed by atoms with Gasteiger partial charge in [0.05, 0.1) is 17.6 Å². The Morgan fingerprint density at radius 2 is 1.90 bits per heavy atom. The number of aromatic amines is 1. The molecular formula is C25H26N2O2S. The number of benzene rings is 2. The van der Waals surface area contributed by atoms with Gasteiger partial charge in [0.2, 0.25) is 0 Å². The first-order valence-electron chi connectivity index (χ1n) is 11.0. The van der Waals surface area contributed by atoms with Crippen LogP contribution >= 0.6 is 11.3 Å². The van der Waals surface area contributed by atoms with E-state index in [1.165, 1.54) is 29.7 Å². The van der Waals surface area contributed by atoms with Crippen LogP contribution in [0.2, 0.25) is 0 Å². The van der Waals surface area contributed by atoms with E-state index in [1.54, 1.807) is 11.3 Å². The highest BCUT2D eigenvalue weighted by Gasteiger charge is 2.21. The lowest BCUT2D eigenvalue weighted by Crippen LogP contribution is -2.11. The highest BCUT2D eigenvalue weighted by molar-refractivity contribution is 7.18. The Morgan fingerprint density at radius 1 is 1.07 bits per heavy atom. The third-order valence-electron chi connectivity index (χ3n) is 5.91. The fraction of sp³-hybridized carbons (Fsp3) is 0.360. The number of hydrogen-bond acceptors (Lipinski definition) is 4. The molecule has 0 saturated carbocycles. The SMILES string of the molecule is CCCOc1ccc2ccccc2c1-c1nc2sc3c(c2c(=O)[nH]1)CCCCCC3. The lowest BCUT2D eigenvalue weighted by atomic mass is 9.98. The molecule has 5 heteroatoms. The summed E-state index contributed by atoms with van der Waals surface area (Å²) in [5, 5.41) is 2.96. The van der Waals surface area contributed by atoms with Gasteiger partial charge in [-0.25, -0.2) is 4.98 Å². The average molecular weight is 419 g/mol. The van der Waals surface area contributed by atoms with Gasteiger partial charge in [-0.05, 0) is 54.5 Å². The van der Waals surface area contributed by atoms with Gasteiger partial charge in [0.25, 0.3) is 5.56 Å². The first kappa shape index (κ1) is 19.3. The van der Waals surface area contributed by atoms with Gasteiger partial charge in [-0.2, -0.15) is 0 Å². The average Bonchev–Trinajstić information content (AvgIpc) is 3.08. The van der Waals surface area contributed by atoms with E-state index in [4.69, 9.17) is 9.72 Å². The van der Waals surface area contributed by atoms with Crippen molar-refractivity contribution in [2.75, 3.05) is 6.61 Å². The molecular weight excluding hydrogens is 392 g/mol. The summed E-state index contributed by atoms with van der Waals surface area (Å²) in [6.07, 6.45) is 7.84. The van der Waals surface area contributed by atoms with E-state index in [1.807, 2.05) is 18.2 Å². The Kier molecular flexibility index (Phi) is 5.30. The molecule has 4 aromatic rings. The standard InChI is InChI=1S/C25H26N2O2S/c1-2-15-29-19-14-13-16-9-7-8-10-17(16)21(19)23-26-24(28)22-18-11-5-3-4-6-12-20(18)30-25(22)27-23/h7-10,13-14H,2-6,11-12,15H2,1H3,(H,26,27,28). The highest BCUT2D eigenvalue weighted by atomic mass is 32.1. The second-order valence-electron chi connectivity index (χ2n) is 8.02. The summed E-state index contributed by atoms with van der Waals surface area (Å²) in [6.45, 7) is 2.72. The third-order valence-corrected chi connectivity index (χ3v) is 7.10. The summed E-state index contributed by atoms with van der Waals surface area (Å²) < 4.78 is 6.06. The molecule has 5 rings (SSSR count). The Labute approximate surface area is 179 Å². The van der Waals surface area contributed by atoms with Gasteiger partial charge in [0.15, 0.2) is 0 Å². The summed E-state index contributed by atoms with van der Waals surface area (Å²) in [4.78, 5) is 23.5. The summed E-state index contributed by atoms with van der Waals surface area (Å²) in [7, 11) is 0. The summed E-state index contributed by atoms with van der Waals surface area (Å²) in [6, 6.07) is 12.3. The van der Waals surface area contributed by atoms with Crippen molar-refractivity contribution in [3.63, 3.8) is 0 Å². The van der Waals surface area contributed by atoms with Gasteiger partial charge in [-0.3, -0.25) is 4.79 Å². The maximum Gasteiger partial charge on any atom is 0.260 e. The van der Waals surface area contributed by atoms with Gasteiger partial charge < -0.3 is 9.72 Å². The lowest BCUT2D eigenvalue weighted by Gasteiger charge is -2.13. The Balaban J connectivity index is 1.73. The zero-order valence-electron chi connectivity index (χ0n) is 17.3. The minimum Gasteiger partial charge on any atom is -0.493 e. The van der Waals surface area contributed by atoms with Crippen molar-refractivity contribution < 1.29 is 4.74 Å². The quantitative estimate of drug-likeness (QED) is 0.426. The van der Waals surface area contributed by atoms with Crippen molar-refractivity contribution in [1.82, 2.24) is 9.97 Å². The molecule has 0 saturated heterocycles. The molecule has 0 unspecified atom stereocenters. The summed E-state index contributed by atoms with van der Waals surface area (Å²) >= 11 is 1.70. The topological polar surface area (TPSA) is 55.0 Å². The van der Waals surface area contributed by atoms with Crippen LogP contribution in [-0.4, -0.2) is 16.6 Å². The van der Waals surface area contributed by atoms with Crippen LogP contribution in [0.3, 0.4) is 0 Å². The number of fused-ring (bicyclic) bond motifs is 4. The summed E-state index contributed by atoms with van der Waals surface area (Å²) in [5.41, 5.74) is 2.08. The molecule has 2 aromatic carbocycles. The maximum atomic E-state index is 13.2. The van der Waals surface area contributed by atoms with Crippen LogP contribution in [0.25, 0.3) is 32.4 Å². The van der Waals surface area contributed by atoms with Gasteiger partial charge in [-0.15, -0.1) is 11.3 Å². The molecule has 0 fully saturated rings. The number of thiophene rings is 1. The van der Waals surface area contributed by atoms with Crippen molar-refractivity contribution in [3.05, 3.63) is 57.2 Å². The minimum absolute atomic E-state index is 0.0255. The van der Waals surface area contributed by atoms with E-state index in [9.17, 15) is 4.79 Å².